The van der Waals surface area contributed by atoms with E-state index in [0.717, 1.165) is 6.42 Å². The van der Waals surface area contributed by atoms with Crippen molar-refractivity contribution in [2.75, 3.05) is 6.54 Å². The molecule has 0 aliphatic carbocycles. The van der Waals surface area contributed by atoms with Crippen molar-refractivity contribution in [3.05, 3.63) is 35.4 Å². The molecule has 0 aromatic heterocycles. The molecule has 0 aliphatic rings. The summed E-state index contributed by atoms with van der Waals surface area (Å²) in [5, 5.41) is 13.1. The van der Waals surface area contributed by atoms with Crippen LogP contribution in [0.3, 0.4) is 0 Å². The molecule has 0 saturated carbocycles. The van der Waals surface area contributed by atoms with E-state index in [0.29, 0.717) is 18.5 Å². The number of aliphatic hydroxyl groups is 1. The average Bonchev–Trinajstić information content (AvgIpc) is 2.29. The van der Waals surface area contributed by atoms with Crippen molar-refractivity contribution >= 4 is 0 Å². The molecule has 1 aromatic rings. The maximum absolute atomic E-state index is 9.73. The van der Waals surface area contributed by atoms with Crippen molar-refractivity contribution in [2.45, 2.75) is 46.3 Å². The lowest BCUT2D eigenvalue weighted by atomic mass is 10.0. The molecule has 0 aliphatic heterocycles. The zero-order valence-electron chi connectivity index (χ0n) is 11.4. The van der Waals surface area contributed by atoms with Crippen LogP contribution in [0.5, 0.6) is 0 Å². The highest BCUT2D eigenvalue weighted by Crippen LogP contribution is 2.09. The first-order valence-electron chi connectivity index (χ1n) is 6.46. The molecule has 0 fully saturated rings. The number of hydrogen-bond acceptors (Lipinski definition) is 2. The van der Waals surface area contributed by atoms with E-state index in [1.165, 1.54) is 11.1 Å². The molecule has 2 atom stereocenters. The molecule has 2 heteroatoms. The molecule has 2 N–H and O–H groups in total. The minimum absolute atomic E-state index is 0.255. The van der Waals surface area contributed by atoms with Crippen LogP contribution >= 0.6 is 0 Å². The third-order valence-electron chi connectivity index (χ3n) is 3.23. The summed E-state index contributed by atoms with van der Waals surface area (Å²) in [6, 6.07) is 8.86. The summed E-state index contributed by atoms with van der Waals surface area (Å²) in [5.41, 5.74) is 2.72. The second-order valence-corrected chi connectivity index (χ2v) is 5.25. The summed E-state index contributed by atoms with van der Waals surface area (Å²) in [7, 11) is 0. The molecular weight excluding hydrogens is 210 g/mol. The van der Waals surface area contributed by atoms with Crippen LogP contribution in [0, 0.1) is 12.8 Å². The molecule has 2 unspecified atom stereocenters. The Bertz CT molecular complexity index is 335. The van der Waals surface area contributed by atoms with Gasteiger partial charge >= 0.3 is 0 Å². The van der Waals surface area contributed by atoms with Gasteiger partial charge in [-0.2, -0.15) is 0 Å². The SMILES string of the molecule is Cc1ccccc1CC(C)NCC(O)C(C)C. The van der Waals surface area contributed by atoms with Crippen LogP contribution in [-0.4, -0.2) is 23.8 Å². The number of aliphatic hydroxyl groups excluding tert-OH is 1. The molecule has 17 heavy (non-hydrogen) atoms. The third kappa shape index (κ3) is 4.88. The Kier molecular flexibility index (Phi) is 5.66. The van der Waals surface area contributed by atoms with Gasteiger partial charge in [0.1, 0.15) is 0 Å². The van der Waals surface area contributed by atoms with E-state index in [1.807, 2.05) is 13.8 Å². The summed E-state index contributed by atoms with van der Waals surface area (Å²) < 4.78 is 0. The third-order valence-corrected chi connectivity index (χ3v) is 3.23. The highest BCUT2D eigenvalue weighted by molar-refractivity contribution is 5.26. The van der Waals surface area contributed by atoms with Gasteiger partial charge in [0.05, 0.1) is 6.10 Å². The Morgan fingerprint density at radius 1 is 1.18 bits per heavy atom. The fraction of sp³-hybridized carbons (Fsp3) is 0.600. The Labute approximate surface area is 105 Å². The lowest BCUT2D eigenvalue weighted by Crippen LogP contribution is -2.37. The van der Waals surface area contributed by atoms with Gasteiger partial charge in [0.2, 0.25) is 0 Å². The highest BCUT2D eigenvalue weighted by Gasteiger charge is 2.11. The number of hydrogen-bond donors (Lipinski definition) is 2. The molecular formula is C15H25NO. The Morgan fingerprint density at radius 3 is 2.41 bits per heavy atom. The fourth-order valence-corrected chi connectivity index (χ4v) is 1.80. The van der Waals surface area contributed by atoms with Crippen LogP contribution in [0.1, 0.15) is 31.9 Å². The van der Waals surface area contributed by atoms with Gasteiger partial charge in [0.25, 0.3) is 0 Å². The molecule has 1 rings (SSSR count). The van der Waals surface area contributed by atoms with E-state index < -0.39 is 0 Å². The van der Waals surface area contributed by atoms with E-state index >= 15 is 0 Å². The van der Waals surface area contributed by atoms with E-state index in [2.05, 4.69) is 43.4 Å². The lowest BCUT2D eigenvalue weighted by molar-refractivity contribution is 0.120. The smallest absolute Gasteiger partial charge is 0.0687 e. The van der Waals surface area contributed by atoms with E-state index in [-0.39, 0.29) is 6.10 Å². The molecule has 96 valence electrons. The van der Waals surface area contributed by atoms with Crippen molar-refractivity contribution in [1.82, 2.24) is 5.32 Å². The molecule has 0 saturated heterocycles. The van der Waals surface area contributed by atoms with Crippen LogP contribution in [0.15, 0.2) is 24.3 Å². The monoisotopic (exact) mass is 235 g/mol. The van der Waals surface area contributed by atoms with Gasteiger partial charge in [0, 0.05) is 12.6 Å². The van der Waals surface area contributed by atoms with Crippen LogP contribution in [0.25, 0.3) is 0 Å². The second kappa shape index (κ2) is 6.77. The summed E-state index contributed by atoms with van der Waals surface area (Å²) in [6.07, 6.45) is 0.756. The first-order chi connectivity index (χ1) is 8.00. The topological polar surface area (TPSA) is 32.3 Å². The van der Waals surface area contributed by atoms with Crippen molar-refractivity contribution in [1.29, 1.82) is 0 Å². The van der Waals surface area contributed by atoms with E-state index in [1.54, 1.807) is 0 Å². The highest BCUT2D eigenvalue weighted by atomic mass is 16.3. The summed E-state index contributed by atoms with van der Waals surface area (Å²) in [5.74, 6) is 0.313. The van der Waals surface area contributed by atoms with Crippen LogP contribution < -0.4 is 5.32 Å². The molecule has 2 nitrogen and oxygen atoms in total. The molecule has 0 heterocycles. The van der Waals surface area contributed by atoms with Crippen molar-refractivity contribution < 1.29 is 5.11 Å². The molecule has 0 bridgehead atoms. The van der Waals surface area contributed by atoms with Gasteiger partial charge in [-0.15, -0.1) is 0 Å². The van der Waals surface area contributed by atoms with Gasteiger partial charge < -0.3 is 10.4 Å². The predicted octanol–water partition coefficient (Wildman–Crippen LogP) is 2.53. The molecule has 0 amide bonds. The quantitative estimate of drug-likeness (QED) is 0.794. The fourth-order valence-electron chi connectivity index (χ4n) is 1.80. The van der Waals surface area contributed by atoms with Crippen LogP contribution in [-0.2, 0) is 6.42 Å². The predicted molar refractivity (Wildman–Crippen MR) is 73.2 cm³/mol. The summed E-state index contributed by atoms with van der Waals surface area (Å²) in [4.78, 5) is 0. The average molecular weight is 235 g/mol. The van der Waals surface area contributed by atoms with Gasteiger partial charge in [-0.1, -0.05) is 38.1 Å². The number of aryl methyl sites for hydroxylation is 1. The first kappa shape index (κ1) is 14.2. The van der Waals surface area contributed by atoms with Gasteiger partial charge in [-0.3, -0.25) is 0 Å². The lowest BCUT2D eigenvalue weighted by Gasteiger charge is -2.20. The maximum atomic E-state index is 9.73. The van der Waals surface area contributed by atoms with Crippen molar-refractivity contribution in [2.24, 2.45) is 5.92 Å². The number of benzene rings is 1. The second-order valence-electron chi connectivity index (χ2n) is 5.25. The summed E-state index contributed by atoms with van der Waals surface area (Å²) >= 11 is 0. The van der Waals surface area contributed by atoms with Crippen LogP contribution in [0.2, 0.25) is 0 Å². The van der Waals surface area contributed by atoms with Crippen LogP contribution in [0.4, 0.5) is 0 Å². The molecule has 0 radical (unpaired) electrons. The van der Waals surface area contributed by atoms with Gasteiger partial charge in [-0.25, -0.2) is 0 Å². The number of nitrogens with one attached hydrogen (secondary N) is 1. The van der Waals surface area contributed by atoms with Gasteiger partial charge in [0.15, 0.2) is 0 Å². The zero-order chi connectivity index (χ0) is 12.8. The number of rotatable bonds is 6. The normalized spacial score (nSPS) is 14.9. The largest absolute Gasteiger partial charge is 0.392 e. The Morgan fingerprint density at radius 2 is 1.82 bits per heavy atom. The van der Waals surface area contributed by atoms with Gasteiger partial charge in [-0.05, 0) is 37.3 Å². The minimum Gasteiger partial charge on any atom is -0.392 e. The maximum Gasteiger partial charge on any atom is 0.0687 e. The van der Waals surface area contributed by atoms with E-state index in [9.17, 15) is 5.11 Å². The zero-order valence-corrected chi connectivity index (χ0v) is 11.4. The molecule has 0 spiro atoms. The van der Waals surface area contributed by atoms with E-state index in [4.69, 9.17) is 0 Å². The van der Waals surface area contributed by atoms with Crippen molar-refractivity contribution in [3.8, 4) is 0 Å². The Hall–Kier alpha value is -0.860. The summed E-state index contributed by atoms with van der Waals surface area (Å²) in [6.45, 7) is 9.06. The van der Waals surface area contributed by atoms with Crippen molar-refractivity contribution in [3.63, 3.8) is 0 Å². The molecule has 1 aromatic carbocycles. The standard InChI is InChI=1S/C15H25NO/c1-11(2)15(17)10-16-13(4)9-14-8-6-5-7-12(14)3/h5-8,11,13,15-17H,9-10H2,1-4H3. The Balaban J connectivity index is 2.40. The first-order valence-corrected chi connectivity index (χ1v) is 6.46. The minimum atomic E-state index is -0.255.